The Bertz CT molecular complexity index is 948. The Morgan fingerprint density at radius 2 is 1.38 bits per heavy atom. The quantitative estimate of drug-likeness (QED) is 0.307. The topological polar surface area (TPSA) is 27.0 Å². The maximum atomic E-state index is 13.4. The highest BCUT2D eigenvalue weighted by molar-refractivity contribution is 5.26. The van der Waals surface area contributed by atoms with Crippen molar-refractivity contribution < 1.29 is 26.3 Å². The molecule has 8 heteroatoms. The van der Waals surface area contributed by atoms with Crippen molar-refractivity contribution in [1.82, 2.24) is 4.90 Å². The second-order valence-corrected chi connectivity index (χ2v) is 9.54. The summed E-state index contributed by atoms with van der Waals surface area (Å²) in [5, 5.41) is 7.32. The van der Waals surface area contributed by atoms with Gasteiger partial charge in [0.15, 0.2) is 0 Å². The van der Waals surface area contributed by atoms with E-state index in [1.165, 1.54) is 12.5 Å². The number of nitriles is 1. The van der Waals surface area contributed by atoms with Gasteiger partial charge in [-0.05, 0) is 74.2 Å². The fraction of sp³-hybridized carbons (Fsp3) is 0.552. The summed E-state index contributed by atoms with van der Waals surface area (Å²) in [5.74, 6) is -5.12. The molecule has 37 heavy (non-hydrogen) atoms. The van der Waals surface area contributed by atoms with Gasteiger partial charge in [0.25, 0.3) is 0 Å². The molecule has 0 saturated heterocycles. The largest absolute Gasteiger partial charge is 0.392 e. The van der Waals surface area contributed by atoms with Crippen molar-refractivity contribution in [2.24, 2.45) is 11.8 Å². The summed E-state index contributed by atoms with van der Waals surface area (Å²) >= 11 is 0. The summed E-state index contributed by atoms with van der Waals surface area (Å²) < 4.78 is 79.5. The molecule has 3 unspecified atom stereocenters. The molecule has 1 aliphatic carbocycles. The Kier molecular flexibility index (Phi) is 12.0. The van der Waals surface area contributed by atoms with Gasteiger partial charge in [0.05, 0.1) is 17.9 Å². The third-order valence-electron chi connectivity index (χ3n) is 7.09. The molecule has 0 spiro atoms. The van der Waals surface area contributed by atoms with Gasteiger partial charge < -0.3 is 4.90 Å². The lowest BCUT2D eigenvalue weighted by Crippen LogP contribution is -2.42. The average Bonchev–Trinajstić information content (AvgIpc) is 2.86. The van der Waals surface area contributed by atoms with E-state index in [4.69, 9.17) is 5.26 Å². The Hall–Kier alpha value is -2.53. The minimum atomic E-state index is -4.84. The maximum absolute atomic E-state index is 13.4. The predicted molar refractivity (Wildman–Crippen MR) is 134 cm³/mol. The van der Waals surface area contributed by atoms with Crippen LogP contribution in [0.1, 0.15) is 62.1 Å². The molecule has 1 saturated carbocycles. The van der Waals surface area contributed by atoms with E-state index in [0.29, 0.717) is 5.56 Å². The fourth-order valence-corrected chi connectivity index (χ4v) is 5.05. The van der Waals surface area contributed by atoms with E-state index in [0.717, 1.165) is 44.5 Å². The van der Waals surface area contributed by atoms with E-state index in [-0.39, 0.29) is 6.42 Å². The first kappa shape index (κ1) is 30.7. The first-order valence-electron chi connectivity index (χ1n) is 12.8. The van der Waals surface area contributed by atoms with Crippen LogP contribution >= 0.6 is 0 Å². The van der Waals surface area contributed by atoms with Crippen LogP contribution in [0.15, 0.2) is 54.6 Å². The zero-order valence-corrected chi connectivity index (χ0v) is 21.5. The minimum Gasteiger partial charge on any atom is -0.303 e. The van der Waals surface area contributed by atoms with Gasteiger partial charge in [0.1, 0.15) is 0 Å². The normalized spacial score (nSPS) is 20.2. The third kappa shape index (κ3) is 10.0. The summed E-state index contributed by atoms with van der Waals surface area (Å²) in [5.41, 5.74) is 3.12. The van der Waals surface area contributed by atoms with Gasteiger partial charge in [-0.1, -0.05) is 61.5 Å². The molecular weight excluding hydrogens is 490 g/mol. The highest BCUT2D eigenvalue weighted by Crippen LogP contribution is 2.52. The second-order valence-electron chi connectivity index (χ2n) is 9.54. The van der Waals surface area contributed by atoms with Gasteiger partial charge in [-0.2, -0.15) is 31.6 Å². The summed E-state index contributed by atoms with van der Waals surface area (Å²) in [4.78, 5) is 2.40. The molecule has 0 bridgehead atoms. The van der Waals surface area contributed by atoms with Crippen LogP contribution < -0.4 is 0 Å². The van der Waals surface area contributed by atoms with Crippen molar-refractivity contribution in [3.05, 3.63) is 71.3 Å². The van der Waals surface area contributed by atoms with Crippen molar-refractivity contribution in [3.63, 3.8) is 0 Å². The SMILES string of the molecule is CC#N.CCN(CCCc1ccc(C2CCC(C(F)(F)F)C(C(F)(F)F)C2)cc1)CCc1ccccc1. The number of likely N-dealkylation sites (N-methyl/N-ethyl adjacent to an activating group) is 1. The number of halogens is 6. The number of hydrogen-bond donors (Lipinski definition) is 0. The van der Waals surface area contributed by atoms with Crippen LogP contribution in [0.2, 0.25) is 0 Å². The number of rotatable bonds is 9. The van der Waals surface area contributed by atoms with E-state index >= 15 is 0 Å². The van der Waals surface area contributed by atoms with E-state index in [2.05, 4.69) is 24.0 Å². The molecule has 2 nitrogen and oxygen atoms in total. The molecule has 0 aliphatic heterocycles. The van der Waals surface area contributed by atoms with Crippen LogP contribution in [0.4, 0.5) is 26.3 Å². The smallest absolute Gasteiger partial charge is 0.303 e. The summed E-state index contributed by atoms with van der Waals surface area (Å²) in [7, 11) is 0. The van der Waals surface area contributed by atoms with E-state index < -0.39 is 42.9 Å². The molecular formula is C29H36F6N2. The average molecular weight is 527 g/mol. The molecule has 1 aliphatic rings. The molecule has 0 amide bonds. The van der Waals surface area contributed by atoms with Gasteiger partial charge in [0, 0.05) is 13.5 Å². The summed E-state index contributed by atoms with van der Waals surface area (Å²) in [6.45, 7) is 6.48. The highest BCUT2D eigenvalue weighted by atomic mass is 19.4. The first-order valence-corrected chi connectivity index (χ1v) is 12.8. The molecule has 0 heterocycles. The monoisotopic (exact) mass is 526 g/mol. The van der Waals surface area contributed by atoms with Crippen LogP contribution in [0.3, 0.4) is 0 Å². The standard InChI is InChI=1S/C27H33F6N.C2H3N/c1-2-34(18-16-20-7-4-3-5-8-20)17-6-9-21-10-12-22(13-11-21)23-14-15-24(26(28,29)30)25(19-23)27(31,32)33;1-2-3/h3-5,7-8,10-13,23-25H,2,6,9,14-19H2,1H3;1H3. The fourth-order valence-electron chi connectivity index (χ4n) is 5.05. The number of nitrogens with zero attached hydrogens (tertiary/aromatic N) is 2. The van der Waals surface area contributed by atoms with Crippen molar-refractivity contribution >= 4 is 0 Å². The third-order valence-corrected chi connectivity index (χ3v) is 7.09. The lowest BCUT2D eigenvalue weighted by Gasteiger charge is -2.38. The molecule has 0 N–H and O–H groups in total. The highest BCUT2D eigenvalue weighted by Gasteiger charge is 2.56. The molecule has 1 fully saturated rings. The summed E-state index contributed by atoms with van der Waals surface area (Å²) in [6.07, 6.45) is -7.69. The van der Waals surface area contributed by atoms with Gasteiger partial charge >= 0.3 is 12.4 Å². The van der Waals surface area contributed by atoms with Crippen LogP contribution in [0, 0.1) is 23.2 Å². The van der Waals surface area contributed by atoms with Gasteiger partial charge in [0.2, 0.25) is 0 Å². The zero-order valence-electron chi connectivity index (χ0n) is 21.5. The maximum Gasteiger partial charge on any atom is 0.392 e. The Morgan fingerprint density at radius 3 is 1.92 bits per heavy atom. The van der Waals surface area contributed by atoms with E-state index in [9.17, 15) is 26.3 Å². The zero-order chi connectivity index (χ0) is 27.5. The van der Waals surface area contributed by atoms with Crippen molar-refractivity contribution in [2.45, 2.75) is 70.6 Å². The van der Waals surface area contributed by atoms with Crippen molar-refractivity contribution in [2.75, 3.05) is 19.6 Å². The van der Waals surface area contributed by atoms with E-state index in [1.807, 2.05) is 30.3 Å². The lowest BCUT2D eigenvalue weighted by atomic mass is 9.71. The van der Waals surface area contributed by atoms with Crippen LogP contribution in [-0.2, 0) is 12.8 Å². The van der Waals surface area contributed by atoms with Crippen LogP contribution in [-0.4, -0.2) is 36.9 Å². The van der Waals surface area contributed by atoms with Crippen molar-refractivity contribution in [1.29, 1.82) is 5.26 Å². The van der Waals surface area contributed by atoms with Crippen LogP contribution in [0.25, 0.3) is 0 Å². The van der Waals surface area contributed by atoms with Crippen LogP contribution in [0.5, 0.6) is 0 Å². The molecule has 3 atom stereocenters. The summed E-state index contributed by atoms with van der Waals surface area (Å²) in [6, 6.07) is 19.5. The lowest BCUT2D eigenvalue weighted by molar-refractivity contribution is -0.263. The van der Waals surface area contributed by atoms with Gasteiger partial charge in [-0.15, -0.1) is 0 Å². The Morgan fingerprint density at radius 1 is 0.811 bits per heavy atom. The first-order chi connectivity index (χ1) is 17.5. The second kappa shape index (κ2) is 14.4. The molecule has 2 aromatic carbocycles. The van der Waals surface area contributed by atoms with Gasteiger partial charge in [-0.3, -0.25) is 0 Å². The molecule has 3 rings (SSSR count). The number of benzene rings is 2. The van der Waals surface area contributed by atoms with E-state index in [1.54, 1.807) is 18.2 Å². The Labute approximate surface area is 216 Å². The van der Waals surface area contributed by atoms with Crippen molar-refractivity contribution in [3.8, 4) is 6.07 Å². The molecule has 204 valence electrons. The molecule has 0 radical (unpaired) electrons. The number of hydrogen-bond acceptors (Lipinski definition) is 2. The molecule has 0 aromatic heterocycles. The predicted octanol–water partition coefficient (Wildman–Crippen LogP) is 8.34. The van der Waals surface area contributed by atoms with Gasteiger partial charge in [-0.25, -0.2) is 0 Å². The minimum absolute atomic E-state index is 0.128. The number of alkyl halides is 6. The molecule has 2 aromatic rings. The Balaban J connectivity index is 0.00000153. The number of aryl methyl sites for hydroxylation is 1.